The third-order valence-electron chi connectivity index (χ3n) is 2.50. The molecular formula is C12H11BrClNO. The topological polar surface area (TPSA) is 22.1 Å². The highest BCUT2D eigenvalue weighted by Crippen LogP contribution is 2.31. The Morgan fingerprint density at radius 2 is 2.12 bits per heavy atom. The molecule has 0 saturated carbocycles. The molecule has 2 rings (SSSR count). The van der Waals surface area contributed by atoms with Crippen molar-refractivity contribution in [1.29, 1.82) is 0 Å². The molecule has 1 aromatic heterocycles. The first kappa shape index (κ1) is 11.7. The largest absolute Gasteiger partial charge is 0.495 e. The number of hydrogen-bond donors (Lipinski definition) is 0. The van der Waals surface area contributed by atoms with E-state index in [0.717, 1.165) is 21.9 Å². The van der Waals surface area contributed by atoms with Gasteiger partial charge < -0.3 is 4.74 Å². The monoisotopic (exact) mass is 299 g/mol. The Labute approximate surface area is 108 Å². The van der Waals surface area contributed by atoms with Gasteiger partial charge in [0.15, 0.2) is 0 Å². The van der Waals surface area contributed by atoms with Crippen LogP contribution in [0.25, 0.3) is 10.9 Å². The van der Waals surface area contributed by atoms with Gasteiger partial charge >= 0.3 is 0 Å². The van der Waals surface area contributed by atoms with Gasteiger partial charge in [-0.25, -0.2) is 4.98 Å². The molecule has 0 radical (unpaired) electrons. The minimum absolute atomic E-state index is 0.582. The third kappa shape index (κ3) is 2.02. The van der Waals surface area contributed by atoms with Crippen molar-refractivity contribution in [2.75, 3.05) is 7.11 Å². The molecule has 16 heavy (non-hydrogen) atoms. The van der Waals surface area contributed by atoms with E-state index in [1.54, 1.807) is 7.11 Å². The van der Waals surface area contributed by atoms with Gasteiger partial charge in [-0.15, -0.1) is 0 Å². The minimum Gasteiger partial charge on any atom is -0.495 e. The van der Waals surface area contributed by atoms with Crippen LogP contribution in [0, 0.1) is 0 Å². The Morgan fingerprint density at radius 3 is 2.75 bits per heavy atom. The summed E-state index contributed by atoms with van der Waals surface area (Å²) in [5, 5.41) is 1.62. The molecule has 0 aliphatic heterocycles. The first-order valence-electron chi connectivity index (χ1n) is 4.98. The molecule has 2 nitrogen and oxygen atoms in total. The second kappa shape index (κ2) is 4.60. The molecule has 0 aliphatic carbocycles. The highest BCUT2D eigenvalue weighted by molar-refractivity contribution is 9.10. The first-order chi connectivity index (χ1) is 7.65. The van der Waals surface area contributed by atoms with Crippen molar-refractivity contribution in [2.45, 2.75) is 13.3 Å². The SMILES string of the molecule is CCc1cc2cc(OC)c(Cl)cc2nc1Br. The molecule has 4 heteroatoms. The molecule has 0 N–H and O–H groups in total. The van der Waals surface area contributed by atoms with Crippen LogP contribution in [0.15, 0.2) is 22.8 Å². The fourth-order valence-corrected chi connectivity index (χ4v) is 2.42. The standard InChI is InChI=1S/C12H11BrClNO/c1-3-7-4-8-5-11(16-2)9(14)6-10(8)15-12(7)13/h4-6H,3H2,1-2H3. The van der Waals surface area contributed by atoms with Crippen LogP contribution in [0.1, 0.15) is 12.5 Å². The molecule has 0 fully saturated rings. The number of ether oxygens (including phenoxy) is 1. The summed E-state index contributed by atoms with van der Waals surface area (Å²) in [6.45, 7) is 2.10. The van der Waals surface area contributed by atoms with Gasteiger partial charge in [-0.3, -0.25) is 0 Å². The number of benzene rings is 1. The Balaban J connectivity index is 2.71. The van der Waals surface area contributed by atoms with Crippen molar-refractivity contribution in [3.05, 3.63) is 33.4 Å². The summed E-state index contributed by atoms with van der Waals surface area (Å²) in [7, 11) is 1.61. The predicted octanol–water partition coefficient (Wildman–Crippen LogP) is 4.22. The van der Waals surface area contributed by atoms with E-state index in [1.807, 2.05) is 12.1 Å². The van der Waals surface area contributed by atoms with Crippen molar-refractivity contribution in [3.63, 3.8) is 0 Å². The molecule has 0 amide bonds. The van der Waals surface area contributed by atoms with Gasteiger partial charge in [-0.2, -0.15) is 0 Å². The van der Waals surface area contributed by atoms with Gasteiger partial charge in [0.1, 0.15) is 10.4 Å². The summed E-state index contributed by atoms with van der Waals surface area (Å²) >= 11 is 9.50. The second-order valence-corrected chi connectivity index (χ2v) is 4.63. The smallest absolute Gasteiger partial charge is 0.138 e. The Bertz CT molecular complexity index is 497. The summed E-state index contributed by atoms with van der Waals surface area (Å²) in [6, 6.07) is 5.83. The van der Waals surface area contributed by atoms with Crippen molar-refractivity contribution in [1.82, 2.24) is 4.98 Å². The van der Waals surface area contributed by atoms with Crippen LogP contribution in [-0.2, 0) is 6.42 Å². The predicted molar refractivity (Wildman–Crippen MR) is 70.4 cm³/mol. The number of methoxy groups -OCH3 is 1. The van der Waals surface area contributed by atoms with Gasteiger partial charge in [0.2, 0.25) is 0 Å². The van der Waals surface area contributed by atoms with Crippen molar-refractivity contribution < 1.29 is 4.74 Å². The highest BCUT2D eigenvalue weighted by Gasteiger charge is 2.07. The van der Waals surface area contributed by atoms with Crippen LogP contribution in [0.2, 0.25) is 5.02 Å². The summed E-state index contributed by atoms with van der Waals surface area (Å²) in [5.74, 6) is 0.681. The van der Waals surface area contributed by atoms with Gasteiger partial charge in [0.25, 0.3) is 0 Å². The molecule has 1 aromatic carbocycles. The van der Waals surface area contributed by atoms with E-state index in [4.69, 9.17) is 16.3 Å². The second-order valence-electron chi connectivity index (χ2n) is 3.47. The van der Waals surface area contributed by atoms with Crippen LogP contribution in [-0.4, -0.2) is 12.1 Å². The maximum Gasteiger partial charge on any atom is 0.138 e. The van der Waals surface area contributed by atoms with Gasteiger partial charge in [0, 0.05) is 5.39 Å². The van der Waals surface area contributed by atoms with Crippen molar-refractivity contribution in [3.8, 4) is 5.75 Å². The van der Waals surface area contributed by atoms with E-state index >= 15 is 0 Å². The lowest BCUT2D eigenvalue weighted by molar-refractivity contribution is 0.415. The number of pyridine rings is 1. The van der Waals surface area contributed by atoms with Crippen LogP contribution < -0.4 is 4.74 Å². The molecule has 0 saturated heterocycles. The summed E-state index contributed by atoms with van der Waals surface area (Å²) in [6.07, 6.45) is 0.939. The number of aromatic nitrogens is 1. The van der Waals surface area contributed by atoms with Crippen LogP contribution in [0.3, 0.4) is 0 Å². The Hall–Kier alpha value is -0.800. The van der Waals surface area contributed by atoms with Crippen molar-refractivity contribution in [2.24, 2.45) is 0 Å². The summed E-state index contributed by atoms with van der Waals surface area (Å²) < 4.78 is 6.06. The first-order valence-corrected chi connectivity index (χ1v) is 6.15. The number of fused-ring (bicyclic) bond motifs is 1. The molecular weight excluding hydrogens is 289 g/mol. The van der Waals surface area contributed by atoms with E-state index < -0.39 is 0 Å². The molecule has 1 heterocycles. The normalized spacial score (nSPS) is 10.8. The average Bonchev–Trinajstić information content (AvgIpc) is 2.27. The minimum atomic E-state index is 0.582. The number of aryl methyl sites for hydroxylation is 1. The summed E-state index contributed by atoms with van der Waals surface area (Å²) in [5.41, 5.74) is 2.05. The van der Waals surface area contributed by atoms with Crippen LogP contribution >= 0.6 is 27.5 Å². The molecule has 84 valence electrons. The molecule has 0 spiro atoms. The lowest BCUT2D eigenvalue weighted by Gasteiger charge is -2.07. The lowest BCUT2D eigenvalue weighted by Crippen LogP contribution is -1.90. The van der Waals surface area contributed by atoms with E-state index in [-0.39, 0.29) is 0 Å². The quantitative estimate of drug-likeness (QED) is 0.775. The van der Waals surface area contributed by atoms with E-state index in [1.165, 1.54) is 5.56 Å². The molecule has 0 atom stereocenters. The zero-order chi connectivity index (χ0) is 11.7. The van der Waals surface area contributed by atoms with Crippen molar-refractivity contribution >= 4 is 38.4 Å². The molecule has 0 aliphatic rings. The fourth-order valence-electron chi connectivity index (χ4n) is 1.60. The zero-order valence-electron chi connectivity index (χ0n) is 9.05. The number of rotatable bonds is 2. The molecule has 2 aromatic rings. The van der Waals surface area contributed by atoms with E-state index in [9.17, 15) is 0 Å². The Kier molecular flexibility index (Phi) is 3.36. The van der Waals surface area contributed by atoms with Gasteiger partial charge in [-0.1, -0.05) is 18.5 Å². The fraction of sp³-hybridized carbons (Fsp3) is 0.250. The molecule has 0 bridgehead atoms. The average molecular weight is 301 g/mol. The zero-order valence-corrected chi connectivity index (χ0v) is 11.4. The maximum atomic E-state index is 6.05. The van der Waals surface area contributed by atoms with Crippen LogP contribution in [0.4, 0.5) is 0 Å². The van der Waals surface area contributed by atoms with Crippen LogP contribution in [0.5, 0.6) is 5.75 Å². The number of halogens is 2. The Morgan fingerprint density at radius 1 is 1.38 bits per heavy atom. The third-order valence-corrected chi connectivity index (χ3v) is 3.48. The van der Waals surface area contributed by atoms with E-state index in [0.29, 0.717) is 10.8 Å². The van der Waals surface area contributed by atoms with E-state index in [2.05, 4.69) is 33.9 Å². The highest BCUT2D eigenvalue weighted by atomic mass is 79.9. The number of nitrogens with zero attached hydrogens (tertiary/aromatic N) is 1. The lowest BCUT2D eigenvalue weighted by atomic mass is 10.1. The van der Waals surface area contributed by atoms with Gasteiger partial charge in [0.05, 0.1) is 17.6 Å². The maximum absolute atomic E-state index is 6.05. The number of hydrogen-bond acceptors (Lipinski definition) is 2. The van der Waals surface area contributed by atoms with Gasteiger partial charge in [-0.05, 0) is 46.1 Å². The summed E-state index contributed by atoms with van der Waals surface area (Å²) in [4.78, 5) is 4.46. The molecule has 0 unspecified atom stereocenters.